The highest BCUT2D eigenvalue weighted by atomic mass is 16.5. The molecule has 0 saturated heterocycles. The molecule has 1 saturated carbocycles. The molecule has 2 heteroatoms. The van der Waals surface area contributed by atoms with E-state index in [0.29, 0.717) is 6.10 Å². The molecular formula is C11H15NO. The van der Waals surface area contributed by atoms with E-state index in [1.54, 1.807) is 0 Å². The van der Waals surface area contributed by atoms with Gasteiger partial charge >= 0.3 is 0 Å². The highest BCUT2D eigenvalue weighted by Crippen LogP contribution is 2.35. The average molecular weight is 177 g/mol. The third kappa shape index (κ3) is 1.94. The molecule has 0 spiro atoms. The van der Waals surface area contributed by atoms with E-state index in [9.17, 15) is 0 Å². The Morgan fingerprint density at radius 1 is 1.38 bits per heavy atom. The van der Waals surface area contributed by atoms with E-state index in [1.165, 1.54) is 12.8 Å². The smallest absolute Gasteiger partial charge is 0.142 e. The van der Waals surface area contributed by atoms with Crippen LogP contribution in [0.3, 0.4) is 0 Å². The van der Waals surface area contributed by atoms with Crippen LogP contribution in [0.25, 0.3) is 0 Å². The van der Waals surface area contributed by atoms with Gasteiger partial charge in [-0.25, -0.2) is 0 Å². The number of ether oxygens (including phenoxy) is 1. The van der Waals surface area contributed by atoms with Crippen molar-refractivity contribution >= 4 is 5.69 Å². The van der Waals surface area contributed by atoms with E-state index < -0.39 is 0 Å². The van der Waals surface area contributed by atoms with Gasteiger partial charge in [-0.1, -0.05) is 12.1 Å². The van der Waals surface area contributed by atoms with E-state index in [0.717, 1.165) is 17.4 Å². The first-order valence-electron chi connectivity index (χ1n) is 4.78. The van der Waals surface area contributed by atoms with Crippen molar-refractivity contribution in [3.63, 3.8) is 0 Å². The molecule has 1 aliphatic rings. The monoisotopic (exact) mass is 177 g/mol. The average Bonchev–Trinajstić information content (AvgIpc) is 2.91. The fourth-order valence-corrected chi connectivity index (χ4v) is 1.45. The second-order valence-corrected chi connectivity index (χ2v) is 3.70. The Kier molecular flexibility index (Phi) is 2.13. The predicted octanol–water partition coefficient (Wildman–Crippen LogP) is 2.45. The normalized spacial score (nSPS) is 18.2. The Hall–Kier alpha value is -1.18. The molecule has 1 atom stereocenters. The van der Waals surface area contributed by atoms with Crippen LogP contribution in [0.2, 0.25) is 0 Å². The van der Waals surface area contributed by atoms with E-state index in [1.807, 2.05) is 24.3 Å². The minimum Gasteiger partial charge on any atom is -0.488 e. The van der Waals surface area contributed by atoms with Crippen molar-refractivity contribution in [1.82, 2.24) is 0 Å². The molecule has 2 rings (SSSR count). The van der Waals surface area contributed by atoms with Gasteiger partial charge in [-0.05, 0) is 37.8 Å². The summed E-state index contributed by atoms with van der Waals surface area (Å²) in [5.41, 5.74) is 6.50. The number of nitrogen functional groups attached to an aromatic ring is 1. The van der Waals surface area contributed by atoms with Crippen molar-refractivity contribution in [2.24, 2.45) is 5.92 Å². The van der Waals surface area contributed by atoms with Crippen LogP contribution in [-0.2, 0) is 0 Å². The SMILES string of the molecule is C[C@@H](Oc1ccccc1N)C1CC1. The zero-order chi connectivity index (χ0) is 9.26. The lowest BCUT2D eigenvalue weighted by Gasteiger charge is -2.14. The molecule has 0 unspecified atom stereocenters. The maximum Gasteiger partial charge on any atom is 0.142 e. The molecule has 0 bridgehead atoms. The topological polar surface area (TPSA) is 35.2 Å². The summed E-state index contributed by atoms with van der Waals surface area (Å²) in [4.78, 5) is 0. The third-order valence-electron chi connectivity index (χ3n) is 2.52. The van der Waals surface area contributed by atoms with Crippen molar-refractivity contribution in [2.75, 3.05) is 5.73 Å². The number of para-hydroxylation sites is 2. The van der Waals surface area contributed by atoms with Gasteiger partial charge in [0.2, 0.25) is 0 Å². The van der Waals surface area contributed by atoms with Crippen molar-refractivity contribution in [3.05, 3.63) is 24.3 Å². The Labute approximate surface area is 78.7 Å². The van der Waals surface area contributed by atoms with E-state index >= 15 is 0 Å². The number of nitrogens with two attached hydrogens (primary N) is 1. The first kappa shape index (κ1) is 8.42. The van der Waals surface area contributed by atoms with Crippen LogP contribution in [0.4, 0.5) is 5.69 Å². The summed E-state index contributed by atoms with van der Waals surface area (Å²) in [5.74, 6) is 1.57. The molecular weight excluding hydrogens is 162 g/mol. The molecule has 0 aromatic heterocycles. The summed E-state index contributed by atoms with van der Waals surface area (Å²) in [7, 11) is 0. The molecule has 0 aliphatic heterocycles. The van der Waals surface area contributed by atoms with Gasteiger partial charge < -0.3 is 10.5 Å². The summed E-state index contributed by atoms with van der Waals surface area (Å²) in [5, 5.41) is 0. The van der Waals surface area contributed by atoms with Crippen LogP contribution < -0.4 is 10.5 Å². The zero-order valence-electron chi connectivity index (χ0n) is 7.86. The van der Waals surface area contributed by atoms with Crippen LogP contribution in [-0.4, -0.2) is 6.10 Å². The highest BCUT2D eigenvalue weighted by Gasteiger charge is 2.29. The zero-order valence-corrected chi connectivity index (χ0v) is 7.86. The first-order valence-corrected chi connectivity index (χ1v) is 4.78. The first-order chi connectivity index (χ1) is 6.27. The molecule has 0 radical (unpaired) electrons. The van der Waals surface area contributed by atoms with Gasteiger partial charge in [0.15, 0.2) is 0 Å². The summed E-state index contributed by atoms with van der Waals surface area (Å²) >= 11 is 0. The molecule has 1 aliphatic carbocycles. The molecule has 70 valence electrons. The largest absolute Gasteiger partial charge is 0.488 e. The van der Waals surface area contributed by atoms with Gasteiger partial charge in [-0.3, -0.25) is 0 Å². The number of hydrogen-bond acceptors (Lipinski definition) is 2. The lowest BCUT2D eigenvalue weighted by atomic mass is 10.2. The number of rotatable bonds is 3. The maximum atomic E-state index is 5.76. The van der Waals surface area contributed by atoms with Crippen molar-refractivity contribution in [2.45, 2.75) is 25.9 Å². The Morgan fingerprint density at radius 3 is 2.69 bits per heavy atom. The third-order valence-corrected chi connectivity index (χ3v) is 2.52. The van der Waals surface area contributed by atoms with Crippen LogP contribution >= 0.6 is 0 Å². The lowest BCUT2D eigenvalue weighted by Crippen LogP contribution is -2.14. The lowest BCUT2D eigenvalue weighted by molar-refractivity contribution is 0.199. The van der Waals surface area contributed by atoms with E-state index in [2.05, 4.69) is 6.92 Å². The molecule has 1 aromatic carbocycles. The van der Waals surface area contributed by atoms with Crippen molar-refractivity contribution in [3.8, 4) is 5.75 Å². The standard InChI is InChI=1S/C11H15NO/c1-8(9-6-7-9)13-11-5-3-2-4-10(11)12/h2-5,8-9H,6-7,12H2,1H3/t8-/m1/s1. The number of anilines is 1. The quantitative estimate of drug-likeness (QED) is 0.720. The minimum atomic E-state index is 0.310. The molecule has 1 aromatic rings. The van der Waals surface area contributed by atoms with Gasteiger partial charge in [-0.2, -0.15) is 0 Å². The Bertz CT molecular complexity index is 294. The fourth-order valence-electron chi connectivity index (χ4n) is 1.45. The summed E-state index contributed by atoms with van der Waals surface area (Å²) < 4.78 is 5.74. The number of benzene rings is 1. The molecule has 0 amide bonds. The van der Waals surface area contributed by atoms with Gasteiger partial charge in [0.1, 0.15) is 5.75 Å². The van der Waals surface area contributed by atoms with Crippen LogP contribution in [0.1, 0.15) is 19.8 Å². The van der Waals surface area contributed by atoms with Crippen LogP contribution in [0.5, 0.6) is 5.75 Å². The van der Waals surface area contributed by atoms with Gasteiger partial charge in [0.25, 0.3) is 0 Å². The van der Waals surface area contributed by atoms with Gasteiger partial charge in [0.05, 0.1) is 11.8 Å². The fraction of sp³-hybridized carbons (Fsp3) is 0.455. The van der Waals surface area contributed by atoms with E-state index in [-0.39, 0.29) is 0 Å². The number of hydrogen-bond donors (Lipinski definition) is 1. The molecule has 2 nitrogen and oxygen atoms in total. The van der Waals surface area contributed by atoms with Crippen molar-refractivity contribution in [1.29, 1.82) is 0 Å². The van der Waals surface area contributed by atoms with Crippen LogP contribution in [0.15, 0.2) is 24.3 Å². The van der Waals surface area contributed by atoms with E-state index in [4.69, 9.17) is 10.5 Å². The summed E-state index contributed by atoms with van der Waals surface area (Å²) in [6, 6.07) is 7.67. The molecule has 0 heterocycles. The second kappa shape index (κ2) is 3.29. The summed E-state index contributed by atoms with van der Waals surface area (Å²) in [6.45, 7) is 2.12. The van der Waals surface area contributed by atoms with Gasteiger partial charge in [-0.15, -0.1) is 0 Å². The maximum absolute atomic E-state index is 5.76. The molecule has 13 heavy (non-hydrogen) atoms. The Morgan fingerprint density at radius 2 is 2.08 bits per heavy atom. The summed E-state index contributed by atoms with van der Waals surface area (Å²) in [6.07, 6.45) is 2.91. The van der Waals surface area contributed by atoms with Crippen molar-refractivity contribution < 1.29 is 4.74 Å². The molecule has 2 N–H and O–H groups in total. The second-order valence-electron chi connectivity index (χ2n) is 3.70. The van der Waals surface area contributed by atoms with Gasteiger partial charge in [0, 0.05) is 0 Å². The highest BCUT2D eigenvalue weighted by molar-refractivity contribution is 5.51. The van der Waals surface area contributed by atoms with Crippen LogP contribution in [0, 0.1) is 5.92 Å². The molecule has 1 fully saturated rings. The Balaban J connectivity index is 2.03. The predicted molar refractivity (Wildman–Crippen MR) is 53.7 cm³/mol. The minimum absolute atomic E-state index is 0.310.